The van der Waals surface area contributed by atoms with Crippen molar-refractivity contribution < 1.29 is 13.2 Å². The van der Waals surface area contributed by atoms with E-state index in [4.69, 9.17) is 11.6 Å². The van der Waals surface area contributed by atoms with E-state index in [-0.39, 0.29) is 21.8 Å². The fraction of sp³-hybridized carbons (Fsp3) is 0.125. The Labute approximate surface area is 160 Å². The maximum absolute atomic E-state index is 12.4. The number of carbonyl (C=O) groups excluding carboxylic acids is 1. The summed E-state index contributed by atoms with van der Waals surface area (Å²) in [6.07, 6.45) is 1.61. The molecule has 2 N–H and O–H groups in total. The predicted molar refractivity (Wildman–Crippen MR) is 100 cm³/mol. The number of benzene rings is 1. The Morgan fingerprint density at radius 2 is 1.81 bits per heavy atom. The number of aromatic nitrogens is 4. The number of anilines is 2. The van der Waals surface area contributed by atoms with E-state index in [1.807, 2.05) is 0 Å². The number of halogens is 1. The van der Waals surface area contributed by atoms with E-state index in [9.17, 15) is 13.2 Å². The van der Waals surface area contributed by atoms with Gasteiger partial charge in [0.25, 0.3) is 15.9 Å². The van der Waals surface area contributed by atoms with E-state index in [2.05, 4.69) is 25.3 Å². The van der Waals surface area contributed by atoms with Gasteiger partial charge in [-0.3, -0.25) is 14.2 Å². The third-order valence-electron chi connectivity index (χ3n) is 3.55. The maximum Gasteiger partial charge on any atom is 0.263 e. The summed E-state index contributed by atoms with van der Waals surface area (Å²) in [4.78, 5) is 12.3. The molecule has 0 saturated heterocycles. The van der Waals surface area contributed by atoms with Crippen LogP contribution in [-0.4, -0.2) is 34.3 Å². The lowest BCUT2D eigenvalue weighted by molar-refractivity contribution is 0.102. The van der Waals surface area contributed by atoms with Gasteiger partial charge in [-0.15, -0.1) is 10.2 Å². The van der Waals surface area contributed by atoms with Crippen LogP contribution in [0.3, 0.4) is 0 Å². The smallest absolute Gasteiger partial charge is 0.263 e. The van der Waals surface area contributed by atoms with Crippen molar-refractivity contribution in [1.29, 1.82) is 0 Å². The van der Waals surface area contributed by atoms with E-state index in [1.54, 1.807) is 24.9 Å². The molecule has 0 aliphatic carbocycles. The molecule has 0 aliphatic rings. The lowest BCUT2D eigenvalue weighted by Crippen LogP contribution is -2.15. The van der Waals surface area contributed by atoms with Gasteiger partial charge in [0.1, 0.15) is 0 Å². The quantitative estimate of drug-likeness (QED) is 0.670. The predicted octanol–water partition coefficient (Wildman–Crippen LogP) is 2.23. The fourth-order valence-corrected chi connectivity index (χ4v) is 3.40. The molecule has 1 amide bonds. The molecule has 0 spiro atoms. The molecule has 3 rings (SSSR count). The molecule has 0 atom stereocenters. The Balaban J connectivity index is 1.73. The molecule has 27 heavy (non-hydrogen) atoms. The zero-order valence-electron chi connectivity index (χ0n) is 14.3. The number of aryl methyl sites for hydroxylation is 2. The van der Waals surface area contributed by atoms with Crippen LogP contribution in [0.15, 0.2) is 47.5 Å². The highest BCUT2D eigenvalue weighted by Crippen LogP contribution is 2.18. The van der Waals surface area contributed by atoms with Crippen LogP contribution < -0.4 is 10.0 Å². The Morgan fingerprint density at radius 3 is 2.37 bits per heavy atom. The number of nitrogens with zero attached hydrogens (tertiary/aromatic N) is 4. The molecule has 11 heteroatoms. The van der Waals surface area contributed by atoms with Crippen molar-refractivity contribution in [3.63, 3.8) is 0 Å². The maximum atomic E-state index is 12.4. The van der Waals surface area contributed by atoms with Crippen molar-refractivity contribution >= 4 is 39.0 Å². The minimum Gasteiger partial charge on any atom is -0.322 e. The highest BCUT2D eigenvalue weighted by Gasteiger charge is 2.16. The van der Waals surface area contributed by atoms with Crippen LogP contribution >= 0.6 is 11.6 Å². The summed E-state index contributed by atoms with van der Waals surface area (Å²) in [6.45, 7) is 1.73. The summed E-state index contributed by atoms with van der Waals surface area (Å²) < 4.78 is 28.6. The van der Waals surface area contributed by atoms with Gasteiger partial charge in [0, 0.05) is 18.9 Å². The molecule has 9 nitrogen and oxygen atoms in total. The molecule has 0 aliphatic heterocycles. The van der Waals surface area contributed by atoms with Crippen LogP contribution in [0.4, 0.5) is 11.5 Å². The van der Waals surface area contributed by atoms with Crippen LogP contribution in [-0.2, 0) is 17.1 Å². The monoisotopic (exact) mass is 406 g/mol. The number of rotatable bonds is 5. The second kappa shape index (κ2) is 7.33. The topological polar surface area (TPSA) is 119 Å². The first kappa shape index (κ1) is 18.8. The summed E-state index contributed by atoms with van der Waals surface area (Å²) in [7, 11) is -2.12. The highest BCUT2D eigenvalue weighted by atomic mass is 35.5. The molecule has 0 radical (unpaired) electrons. The minimum atomic E-state index is -3.85. The largest absolute Gasteiger partial charge is 0.322 e. The number of carbonyl (C=O) groups is 1. The van der Waals surface area contributed by atoms with Crippen LogP contribution in [0.1, 0.15) is 16.1 Å². The first-order chi connectivity index (χ1) is 12.7. The molecular weight excluding hydrogens is 392 g/mol. The van der Waals surface area contributed by atoms with Gasteiger partial charge in [-0.25, -0.2) is 8.42 Å². The molecule has 0 unspecified atom stereocenters. The van der Waals surface area contributed by atoms with Gasteiger partial charge >= 0.3 is 0 Å². The summed E-state index contributed by atoms with van der Waals surface area (Å²) in [5.74, 6) is -0.283. The third kappa shape index (κ3) is 4.41. The standard InChI is InChI=1S/C16H15ClN6O3S/c1-10-13(9-23(2)21-10)16(24)18-11-3-5-12(6-4-11)27(25,26)22-15-8-7-14(17)19-20-15/h3-9H,1-2H3,(H,18,24)(H,20,22). The van der Waals surface area contributed by atoms with Crippen molar-refractivity contribution in [3.05, 3.63) is 59.0 Å². The lowest BCUT2D eigenvalue weighted by Gasteiger charge is -2.08. The van der Waals surface area contributed by atoms with Crippen molar-refractivity contribution in [3.8, 4) is 0 Å². The molecule has 0 saturated carbocycles. The van der Waals surface area contributed by atoms with Crippen molar-refractivity contribution in [1.82, 2.24) is 20.0 Å². The van der Waals surface area contributed by atoms with Gasteiger partial charge in [-0.2, -0.15) is 5.10 Å². The Kier molecular flexibility index (Phi) is 5.10. The van der Waals surface area contributed by atoms with Gasteiger partial charge in [-0.05, 0) is 43.3 Å². The Hall–Kier alpha value is -2.98. The van der Waals surface area contributed by atoms with Crippen LogP contribution in [0.2, 0.25) is 5.15 Å². The highest BCUT2D eigenvalue weighted by molar-refractivity contribution is 7.92. The second-order valence-electron chi connectivity index (χ2n) is 5.63. The van der Waals surface area contributed by atoms with Gasteiger partial charge in [-0.1, -0.05) is 11.6 Å². The number of amides is 1. The number of nitrogens with one attached hydrogen (secondary N) is 2. The van der Waals surface area contributed by atoms with E-state index >= 15 is 0 Å². The van der Waals surface area contributed by atoms with Crippen molar-refractivity contribution in [2.24, 2.45) is 7.05 Å². The van der Waals surface area contributed by atoms with Gasteiger partial charge < -0.3 is 5.32 Å². The summed E-state index contributed by atoms with van der Waals surface area (Å²) in [6, 6.07) is 8.55. The van der Waals surface area contributed by atoms with E-state index < -0.39 is 10.0 Å². The van der Waals surface area contributed by atoms with E-state index in [0.717, 1.165) is 0 Å². The average Bonchev–Trinajstić information content (AvgIpc) is 2.96. The first-order valence-corrected chi connectivity index (χ1v) is 9.54. The SMILES string of the molecule is Cc1nn(C)cc1C(=O)Nc1ccc(S(=O)(=O)Nc2ccc(Cl)nn2)cc1. The zero-order valence-corrected chi connectivity index (χ0v) is 15.9. The Morgan fingerprint density at radius 1 is 1.11 bits per heavy atom. The molecular formula is C16H15ClN6O3S. The zero-order chi connectivity index (χ0) is 19.6. The second-order valence-corrected chi connectivity index (χ2v) is 7.70. The van der Waals surface area contributed by atoms with Crippen LogP contribution in [0.5, 0.6) is 0 Å². The van der Waals surface area contributed by atoms with Gasteiger partial charge in [0.2, 0.25) is 0 Å². The summed E-state index contributed by atoms with van der Waals surface area (Å²) in [5.41, 5.74) is 1.49. The molecule has 2 aromatic heterocycles. The fourth-order valence-electron chi connectivity index (χ4n) is 2.31. The third-order valence-corrected chi connectivity index (χ3v) is 5.12. The van der Waals surface area contributed by atoms with Crippen molar-refractivity contribution in [2.45, 2.75) is 11.8 Å². The number of sulfonamides is 1. The van der Waals surface area contributed by atoms with Gasteiger partial charge in [0.05, 0.1) is 16.2 Å². The Bertz CT molecular complexity index is 1080. The molecule has 0 bridgehead atoms. The minimum absolute atomic E-state index is 0.00908. The number of hydrogen-bond donors (Lipinski definition) is 2. The number of hydrogen-bond acceptors (Lipinski definition) is 6. The molecule has 3 aromatic rings. The first-order valence-electron chi connectivity index (χ1n) is 7.68. The summed E-state index contributed by atoms with van der Waals surface area (Å²) in [5, 5.41) is 14.2. The lowest BCUT2D eigenvalue weighted by atomic mass is 10.2. The van der Waals surface area contributed by atoms with E-state index in [0.29, 0.717) is 16.9 Å². The molecule has 2 heterocycles. The molecule has 1 aromatic carbocycles. The summed E-state index contributed by atoms with van der Waals surface area (Å²) >= 11 is 5.62. The normalized spacial score (nSPS) is 11.2. The van der Waals surface area contributed by atoms with E-state index in [1.165, 1.54) is 36.4 Å². The van der Waals surface area contributed by atoms with Gasteiger partial charge in [0.15, 0.2) is 11.0 Å². The van der Waals surface area contributed by atoms with Crippen molar-refractivity contribution in [2.75, 3.05) is 10.0 Å². The van der Waals surface area contributed by atoms with Crippen LogP contribution in [0, 0.1) is 6.92 Å². The molecule has 0 fully saturated rings. The molecule has 140 valence electrons. The van der Waals surface area contributed by atoms with Crippen LogP contribution in [0.25, 0.3) is 0 Å². The average molecular weight is 407 g/mol.